The standard InChI is InChI=1S/C13H15ClN2O/c1-13(8-17-9-13)7-16-6-11-3-2-10(5-15)4-12(11)14/h2-4,16H,6-9H2,1H3. The molecular weight excluding hydrogens is 236 g/mol. The minimum atomic E-state index is 0.263. The highest BCUT2D eigenvalue weighted by Crippen LogP contribution is 2.25. The SMILES string of the molecule is CC1(CNCc2ccc(C#N)cc2Cl)COC1. The van der Waals surface area contributed by atoms with E-state index in [4.69, 9.17) is 21.6 Å². The van der Waals surface area contributed by atoms with Crippen LogP contribution in [0.4, 0.5) is 0 Å². The van der Waals surface area contributed by atoms with E-state index in [-0.39, 0.29) is 5.41 Å². The van der Waals surface area contributed by atoms with E-state index in [0.717, 1.165) is 31.9 Å². The molecule has 0 radical (unpaired) electrons. The van der Waals surface area contributed by atoms with Gasteiger partial charge in [-0.1, -0.05) is 24.6 Å². The van der Waals surface area contributed by atoms with Gasteiger partial charge in [0.2, 0.25) is 0 Å². The van der Waals surface area contributed by atoms with E-state index in [9.17, 15) is 0 Å². The van der Waals surface area contributed by atoms with E-state index in [1.54, 1.807) is 12.1 Å². The van der Waals surface area contributed by atoms with E-state index < -0.39 is 0 Å². The van der Waals surface area contributed by atoms with E-state index >= 15 is 0 Å². The minimum absolute atomic E-state index is 0.263. The van der Waals surface area contributed by atoms with E-state index in [2.05, 4.69) is 18.3 Å². The van der Waals surface area contributed by atoms with Gasteiger partial charge in [-0.3, -0.25) is 0 Å². The van der Waals surface area contributed by atoms with Crippen molar-refractivity contribution < 1.29 is 4.74 Å². The topological polar surface area (TPSA) is 45.0 Å². The molecule has 1 aliphatic rings. The predicted octanol–water partition coefficient (Wildman–Crippen LogP) is 2.34. The van der Waals surface area contributed by atoms with Crippen LogP contribution in [0, 0.1) is 16.7 Å². The molecule has 1 aliphatic heterocycles. The molecule has 1 aromatic rings. The minimum Gasteiger partial charge on any atom is -0.380 e. The number of benzene rings is 1. The van der Waals surface area contributed by atoms with Crippen molar-refractivity contribution in [2.24, 2.45) is 5.41 Å². The molecule has 0 amide bonds. The molecule has 2 rings (SSSR count). The Balaban J connectivity index is 1.89. The Labute approximate surface area is 106 Å². The Bertz CT molecular complexity index is 449. The van der Waals surface area contributed by atoms with Crippen LogP contribution in [0.2, 0.25) is 5.02 Å². The molecular formula is C13H15ClN2O. The number of halogens is 1. The van der Waals surface area contributed by atoms with Crippen molar-refractivity contribution in [1.29, 1.82) is 5.26 Å². The molecule has 0 atom stereocenters. The maximum Gasteiger partial charge on any atom is 0.0992 e. The fourth-order valence-corrected chi connectivity index (χ4v) is 2.06. The average molecular weight is 251 g/mol. The van der Waals surface area contributed by atoms with Crippen molar-refractivity contribution in [2.75, 3.05) is 19.8 Å². The van der Waals surface area contributed by atoms with Crippen molar-refractivity contribution in [1.82, 2.24) is 5.32 Å². The van der Waals surface area contributed by atoms with Gasteiger partial charge in [0.15, 0.2) is 0 Å². The lowest BCUT2D eigenvalue weighted by Gasteiger charge is -2.38. The number of nitriles is 1. The van der Waals surface area contributed by atoms with Crippen LogP contribution in [0.5, 0.6) is 0 Å². The van der Waals surface area contributed by atoms with Crippen LogP contribution in [-0.2, 0) is 11.3 Å². The number of hydrogen-bond acceptors (Lipinski definition) is 3. The zero-order valence-corrected chi connectivity index (χ0v) is 10.5. The second-order valence-corrected chi connectivity index (χ2v) is 5.23. The summed E-state index contributed by atoms with van der Waals surface area (Å²) in [5.41, 5.74) is 1.88. The Morgan fingerprint density at radius 3 is 2.82 bits per heavy atom. The van der Waals surface area contributed by atoms with Gasteiger partial charge in [0.1, 0.15) is 0 Å². The molecule has 1 aromatic carbocycles. The number of hydrogen-bond donors (Lipinski definition) is 1. The molecule has 90 valence electrons. The van der Waals surface area contributed by atoms with Gasteiger partial charge >= 0.3 is 0 Å². The lowest BCUT2D eigenvalue weighted by molar-refractivity contribution is -0.0991. The third-order valence-corrected chi connectivity index (χ3v) is 3.30. The summed E-state index contributed by atoms with van der Waals surface area (Å²) in [6.45, 7) is 5.48. The summed E-state index contributed by atoms with van der Waals surface area (Å²) in [5, 5.41) is 12.8. The first-order valence-electron chi connectivity index (χ1n) is 5.60. The highest BCUT2D eigenvalue weighted by atomic mass is 35.5. The molecule has 0 aromatic heterocycles. The van der Waals surface area contributed by atoms with E-state index in [1.165, 1.54) is 0 Å². The van der Waals surface area contributed by atoms with Crippen molar-refractivity contribution in [2.45, 2.75) is 13.5 Å². The predicted molar refractivity (Wildman–Crippen MR) is 66.8 cm³/mol. The quantitative estimate of drug-likeness (QED) is 0.892. The molecule has 0 bridgehead atoms. The van der Waals surface area contributed by atoms with Crippen molar-refractivity contribution in [3.63, 3.8) is 0 Å². The van der Waals surface area contributed by atoms with Gasteiger partial charge in [0.05, 0.1) is 24.8 Å². The number of rotatable bonds is 4. The number of nitrogens with one attached hydrogen (secondary N) is 1. The maximum atomic E-state index is 8.74. The van der Waals surface area contributed by atoms with Gasteiger partial charge in [-0.2, -0.15) is 5.26 Å². The largest absolute Gasteiger partial charge is 0.380 e. The molecule has 0 spiro atoms. The zero-order valence-electron chi connectivity index (χ0n) is 9.79. The lowest BCUT2D eigenvalue weighted by Crippen LogP contribution is -2.47. The molecule has 0 saturated carbocycles. The summed E-state index contributed by atoms with van der Waals surface area (Å²) in [7, 11) is 0. The molecule has 1 fully saturated rings. The molecule has 0 aliphatic carbocycles. The third kappa shape index (κ3) is 2.98. The van der Waals surface area contributed by atoms with Gasteiger partial charge in [-0.05, 0) is 17.7 Å². The summed E-state index contributed by atoms with van der Waals surface area (Å²) in [5.74, 6) is 0. The molecule has 1 saturated heterocycles. The maximum absolute atomic E-state index is 8.74. The summed E-state index contributed by atoms with van der Waals surface area (Å²) < 4.78 is 5.19. The van der Waals surface area contributed by atoms with Gasteiger partial charge < -0.3 is 10.1 Å². The smallest absolute Gasteiger partial charge is 0.0992 e. The molecule has 4 heteroatoms. The molecule has 1 N–H and O–H groups in total. The number of ether oxygens (including phenoxy) is 1. The van der Waals surface area contributed by atoms with E-state index in [0.29, 0.717) is 10.6 Å². The number of nitrogens with zero attached hydrogens (tertiary/aromatic N) is 1. The van der Waals surface area contributed by atoms with Crippen molar-refractivity contribution >= 4 is 11.6 Å². The monoisotopic (exact) mass is 250 g/mol. The molecule has 17 heavy (non-hydrogen) atoms. The highest BCUT2D eigenvalue weighted by molar-refractivity contribution is 6.31. The summed E-state index contributed by atoms with van der Waals surface area (Å²) in [4.78, 5) is 0. The van der Waals surface area contributed by atoms with Crippen LogP contribution in [0.15, 0.2) is 18.2 Å². The first-order chi connectivity index (χ1) is 8.13. The summed E-state index contributed by atoms with van der Waals surface area (Å²) in [6, 6.07) is 7.46. The molecule has 3 nitrogen and oxygen atoms in total. The van der Waals surface area contributed by atoms with Gasteiger partial charge in [-0.15, -0.1) is 0 Å². The van der Waals surface area contributed by atoms with Crippen LogP contribution < -0.4 is 5.32 Å². The Hall–Kier alpha value is -1.08. The molecule has 1 heterocycles. The fraction of sp³-hybridized carbons (Fsp3) is 0.462. The first-order valence-corrected chi connectivity index (χ1v) is 5.98. The van der Waals surface area contributed by atoms with Crippen LogP contribution >= 0.6 is 11.6 Å². The second kappa shape index (κ2) is 5.05. The third-order valence-electron chi connectivity index (χ3n) is 2.95. The normalized spacial score (nSPS) is 17.2. The van der Waals surface area contributed by atoms with Crippen LogP contribution in [0.25, 0.3) is 0 Å². The average Bonchev–Trinajstić information content (AvgIpc) is 2.29. The van der Waals surface area contributed by atoms with E-state index in [1.807, 2.05) is 6.07 Å². The van der Waals surface area contributed by atoms with Crippen molar-refractivity contribution in [3.8, 4) is 6.07 Å². The van der Waals surface area contributed by atoms with Crippen LogP contribution in [-0.4, -0.2) is 19.8 Å². The highest BCUT2D eigenvalue weighted by Gasteiger charge is 2.32. The second-order valence-electron chi connectivity index (χ2n) is 4.83. The van der Waals surface area contributed by atoms with Gasteiger partial charge in [0.25, 0.3) is 0 Å². The summed E-state index contributed by atoms with van der Waals surface area (Å²) >= 11 is 6.09. The molecule has 0 unspecified atom stereocenters. The van der Waals surface area contributed by atoms with Crippen molar-refractivity contribution in [3.05, 3.63) is 34.3 Å². The van der Waals surface area contributed by atoms with Gasteiger partial charge in [-0.25, -0.2) is 0 Å². The Morgan fingerprint density at radius 2 is 2.29 bits per heavy atom. The zero-order chi connectivity index (χ0) is 12.3. The summed E-state index contributed by atoms with van der Waals surface area (Å²) in [6.07, 6.45) is 0. The van der Waals surface area contributed by atoms with Crippen LogP contribution in [0.3, 0.4) is 0 Å². The Kier molecular flexibility index (Phi) is 3.68. The lowest BCUT2D eigenvalue weighted by atomic mass is 9.89. The van der Waals surface area contributed by atoms with Crippen LogP contribution in [0.1, 0.15) is 18.1 Å². The Morgan fingerprint density at radius 1 is 1.53 bits per heavy atom. The fourth-order valence-electron chi connectivity index (χ4n) is 1.81. The first kappa shape index (κ1) is 12.4. The van der Waals surface area contributed by atoms with Gasteiger partial charge in [0, 0.05) is 23.5 Å².